The minimum Gasteiger partial charge on any atom is -0.383 e. The van der Waals surface area contributed by atoms with E-state index in [0.29, 0.717) is 0 Å². The van der Waals surface area contributed by atoms with Crippen molar-refractivity contribution in [2.24, 2.45) is 5.73 Å². The summed E-state index contributed by atoms with van der Waals surface area (Å²) in [6.07, 6.45) is 3.81. The van der Waals surface area contributed by atoms with Crippen LogP contribution in [0.15, 0.2) is 52.2 Å². The second-order valence-electron chi connectivity index (χ2n) is 5.51. The Bertz CT molecular complexity index is 1110. The van der Waals surface area contributed by atoms with E-state index in [1.165, 1.54) is 11.3 Å². The van der Waals surface area contributed by atoms with Crippen LogP contribution in [0, 0.1) is 5.41 Å². The number of rotatable bonds is 5. The summed E-state index contributed by atoms with van der Waals surface area (Å²) < 4.78 is 0. The molecule has 0 saturated carbocycles. The second-order valence-corrected chi connectivity index (χ2v) is 8.06. The normalized spacial score (nSPS) is 10.6. The van der Waals surface area contributed by atoms with Crippen molar-refractivity contribution in [3.05, 3.63) is 52.2 Å². The highest BCUT2D eigenvalue weighted by atomic mass is 35.5. The Morgan fingerprint density at radius 2 is 2.04 bits per heavy atom. The zero-order valence-corrected chi connectivity index (χ0v) is 17.5. The molecule has 0 amide bonds. The van der Waals surface area contributed by atoms with Gasteiger partial charge in [0.15, 0.2) is 5.13 Å². The van der Waals surface area contributed by atoms with Gasteiger partial charge in [0.1, 0.15) is 5.84 Å². The van der Waals surface area contributed by atoms with Crippen LogP contribution in [0.2, 0.25) is 0 Å². The monoisotopic (exact) mass is 433 g/mol. The van der Waals surface area contributed by atoms with Crippen molar-refractivity contribution in [2.45, 2.75) is 4.90 Å². The van der Waals surface area contributed by atoms with Gasteiger partial charge < -0.3 is 11.1 Å². The number of nitrogens with one attached hydrogen (secondary N) is 2. The number of fused-ring (bicyclic) bond motifs is 1. The van der Waals surface area contributed by atoms with Crippen LogP contribution in [0.25, 0.3) is 22.2 Å². The van der Waals surface area contributed by atoms with Crippen molar-refractivity contribution >= 4 is 74.4 Å². The van der Waals surface area contributed by atoms with Crippen molar-refractivity contribution in [3.8, 4) is 11.3 Å². The van der Waals surface area contributed by atoms with Gasteiger partial charge in [-0.05, 0) is 18.4 Å². The van der Waals surface area contributed by atoms with Crippen molar-refractivity contribution < 1.29 is 0 Å². The molecule has 0 aliphatic rings. The van der Waals surface area contributed by atoms with Crippen LogP contribution in [0.1, 0.15) is 4.88 Å². The van der Waals surface area contributed by atoms with Gasteiger partial charge in [-0.3, -0.25) is 10.4 Å². The molecule has 4 rings (SSSR count). The maximum atomic E-state index is 7.71. The van der Waals surface area contributed by atoms with E-state index in [4.69, 9.17) is 16.1 Å². The third kappa shape index (κ3) is 3.93. The molecule has 0 fully saturated rings. The molecular weight excluding hydrogens is 418 g/mol. The molecule has 0 aliphatic carbocycles. The lowest BCUT2D eigenvalue weighted by Gasteiger charge is -2.04. The van der Waals surface area contributed by atoms with Gasteiger partial charge in [0, 0.05) is 26.6 Å². The topological polar surface area (TPSA) is 87.7 Å². The predicted molar refractivity (Wildman–Crippen MR) is 120 cm³/mol. The SMILES string of the molecule is CSc1c(-c2csc(Nc3cnc4ccccc4c3)n2)csc1C(=N)N.Cl. The maximum Gasteiger partial charge on any atom is 0.187 e. The van der Waals surface area contributed by atoms with Crippen molar-refractivity contribution in [3.63, 3.8) is 0 Å². The molecule has 3 aromatic heterocycles. The van der Waals surface area contributed by atoms with Gasteiger partial charge in [-0.25, -0.2) is 4.98 Å². The molecule has 3 heterocycles. The van der Waals surface area contributed by atoms with Gasteiger partial charge in [0.05, 0.1) is 28.0 Å². The molecule has 0 bridgehead atoms. The van der Waals surface area contributed by atoms with Crippen LogP contribution in [-0.4, -0.2) is 22.1 Å². The van der Waals surface area contributed by atoms with Crippen molar-refractivity contribution in [1.82, 2.24) is 9.97 Å². The molecule has 27 heavy (non-hydrogen) atoms. The van der Waals surface area contributed by atoms with E-state index in [1.807, 2.05) is 47.5 Å². The fourth-order valence-corrected chi connectivity index (χ4v) is 5.33. The first kappa shape index (κ1) is 19.6. The first-order chi connectivity index (χ1) is 12.7. The molecule has 0 aliphatic heterocycles. The fourth-order valence-electron chi connectivity index (χ4n) is 2.63. The van der Waals surface area contributed by atoms with Gasteiger partial charge in [-0.1, -0.05) is 18.2 Å². The van der Waals surface area contributed by atoms with Gasteiger partial charge in [-0.2, -0.15) is 0 Å². The van der Waals surface area contributed by atoms with Crippen molar-refractivity contribution in [2.75, 3.05) is 11.6 Å². The number of benzene rings is 1. The van der Waals surface area contributed by atoms with Gasteiger partial charge in [0.25, 0.3) is 0 Å². The number of thioether (sulfide) groups is 1. The highest BCUT2D eigenvalue weighted by Gasteiger charge is 2.17. The summed E-state index contributed by atoms with van der Waals surface area (Å²) >= 11 is 4.61. The molecule has 5 nitrogen and oxygen atoms in total. The number of pyridine rings is 1. The molecule has 9 heteroatoms. The summed E-state index contributed by atoms with van der Waals surface area (Å²) in [6.45, 7) is 0. The van der Waals surface area contributed by atoms with E-state index in [-0.39, 0.29) is 18.2 Å². The minimum atomic E-state index is 0. The Hall–Kier alpha value is -2.13. The van der Waals surface area contributed by atoms with Crippen LogP contribution in [0.5, 0.6) is 0 Å². The van der Waals surface area contributed by atoms with E-state index in [9.17, 15) is 0 Å². The molecule has 0 unspecified atom stereocenters. The summed E-state index contributed by atoms with van der Waals surface area (Å²) in [5.41, 5.74) is 9.46. The lowest BCUT2D eigenvalue weighted by atomic mass is 10.2. The number of aromatic nitrogens is 2. The number of hydrogen-bond donors (Lipinski definition) is 3. The first-order valence-electron chi connectivity index (χ1n) is 7.73. The van der Waals surface area contributed by atoms with Crippen LogP contribution in [-0.2, 0) is 0 Å². The number of nitrogens with zero attached hydrogens (tertiary/aromatic N) is 2. The highest BCUT2D eigenvalue weighted by molar-refractivity contribution is 7.99. The second kappa shape index (κ2) is 8.26. The summed E-state index contributed by atoms with van der Waals surface area (Å²) in [7, 11) is 0. The number of hydrogen-bond acceptors (Lipinski definition) is 7. The van der Waals surface area contributed by atoms with E-state index in [0.717, 1.165) is 42.8 Å². The van der Waals surface area contributed by atoms with Crippen LogP contribution in [0.4, 0.5) is 10.8 Å². The lowest BCUT2D eigenvalue weighted by molar-refractivity contribution is 1.34. The number of nitrogens with two attached hydrogens (primary N) is 1. The molecule has 0 radical (unpaired) electrons. The molecule has 138 valence electrons. The average Bonchev–Trinajstić information content (AvgIpc) is 3.27. The number of nitrogen functional groups attached to an aromatic ring is 1. The van der Waals surface area contributed by atoms with Gasteiger partial charge >= 0.3 is 0 Å². The van der Waals surface area contributed by atoms with Gasteiger partial charge in [0.2, 0.25) is 0 Å². The largest absolute Gasteiger partial charge is 0.383 e. The number of thiazole rings is 1. The van der Waals surface area contributed by atoms with Gasteiger partial charge in [-0.15, -0.1) is 46.8 Å². The predicted octanol–water partition coefficient (Wildman–Crippen LogP) is 5.59. The molecular formula is C18H16ClN5S3. The lowest BCUT2D eigenvalue weighted by Crippen LogP contribution is -2.09. The first-order valence-corrected chi connectivity index (χ1v) is 10.7. The van der Waals surface area contributed by atoms with E-state index >= 15 is 0 Å². The molecule has 0 atom stereocenters. The van der Waals surface area contributed by atoms with Crippen LogP contribution >= 0.6 is 46.8 Å². The van der Waals surface area contributed by atoms with Crippen LogP contribution < -0.4 is 11.1 Å². The summed E-state index contributed by atoms with van der Waals surface area (Å²) in [5.74, 6) is 0.0985. The molecule has 4 aromatic rings. The Morgan fingerprint density at radius 3 is 2.81 bits per heavy atom. The van der Waals surface area contributed by atoms with Crippen LogP contribution in [0.3, 0.4) is 0 Å². The minimum absolute atomic E-state index is 0. The number of thiophene rings is 1. The Labute approximate surface area is 175 Å². The molecule has 0 spiro atoms. The van der Waals surface area contributed by atoms with E-state index in [1.54, 1.807) is 23.1 Å². The zero-order chi connectivity index (χ0) is 18.1. The number of para-hydroxylation sites is 1. The summed E-state index contributed by atoms with van der Waals surface area (Å²) in [6, 6.07) is 10.1. The smallest absolute Gasteiger partial charge is 0.187 e. The highest BCUT2D eigenvalue weighted by Crippen LogP contribution is 2.39. The number of anilines is 2. The van der Waals surface area contributed by atoms with E-state index in [2.05, 4.69) is 16.4 Å². The average molecular weight is 434 g/mol. The van der Waals surface area contributed by atoms with E-state index < -0.39 is 0 Å². The third-order valence-corrected chi connectivity index (χ3v) is 6.55. The quantitative estimate of drug-likeness (QED) is 0.217. The fraction of sp³-hybridized carbons (Fsp3) is 0.0556. The Morgan fingerprint density at radius 1 is 1.22 bits per heavy atom. The number of halogens is 1. The molecule has 0 saturated heterocycles. The Kier molecular flexibility index (Phi) is 6.01. The third-order valence-electron chi connectivity index (χ3n) is 3.82. The zero-order valence-electron chi connectivity index (χ0n) is 14.2. The maximum absolute atomic E-state index is 7.71. The number of amidine groups is 1. The summed E-state index contributed by atoms with van der Waals surface area (Å²) in [5, 5.41) is 17.0. The van der Waals surface area contributed by atoms with Crippen molar-refractivity contribution in [1.29, 1.82) is 5.41 Å². The summed E-state index contributed by atoms with van der Waals surface area (Å²) in [4.78, 5) is 11.0. The Balaban J connectivity index is 0.00000210. The standard InChI is InChI=1S/C18H15N5S3.ClH/c1-24-15-12(8-25-16(15)17(19)20)14-9-26-18(23-14)22-11-6-10-4-2-3-5-13(10)21-7-11;/h2-9H,1H3,(H3,19,20)(H,22,23);1H. The molecule has 1 aromatic carbocycles. The molecule has 4 N–H and O–H groups in total.